The molecule has 0 fully saturated rings. The maximum absolute atomic E-state index is 12.1. The lowest BCUT2D eigenvalue weighted by atomic mass is 10.2. The fourth-order valence-electron chi connectivity index (χ4n) is 3.08. The number of hydrogen-bond donors (Lipinski definition) is 2. The van der Waals surface area contributed by atoms with Crippen LogP contribution in [-0.2, 0) is 27.8 Å². The SMILES string of the molecule is CCCC(C)NC(=O)CCc1nc2cc(S(N)(=O)=O)ccc2n1CCC. The predicted molar refractivity (Wildman–Crippen MR) is 102 cm³/mol. The molecule has 1 atom stereocenters. The first kappa shape index (κ1) is 20.4. The third kappa shape index (κ3) is 5.04. The summed E-state index contributed by atoms with van der Waals surface area (Å²) in [6, 6.07) is 4.88. The first-order valence-corrected chi connectivity index (χ1v) is 10.6. The molecule has 1 amide bonds. The third-order valence-corrected chi connectivity index (χ3v) is 5.19. The first-order valence-electron chi connectivity index (χ1n) is 9.07. The van der Waals surface area contributed by atoms with E-state index in [1.165, 1.54) is 12.1 Å². The highest BCUT2D eigenvalue weighted by atomic mass is 32.2. The minimum atomic E-state index is -3.77. The number of fused-ring (bicyclic) bond motifs is 1. The smallest absolute Gasteiger partial charge is 0.238 e. The highest BCUT2D eigenvalue weighted by Crippen LogP contribution is 2.21. The van der Waals surface area contributed by atoms with Gasteiger partial charge in [-0.3, -0.25) is 4.79 Å². The van der Waals surface area contributed by atoms with Gasteiger partial charge in [-0.2, -0.15) is 0 Å². The summed E-state index contributed by atoms with van der Waals surface area (Å²) >= 11 is 0. The number of amides is 1. The maximum atomic E-state index is 12.1. The second kappa shape index (κ2) is 8.64. The van der Waals surface area contributed by atoms with Crippen molar-refractivity contribution in [3.05, 3.63) is 24.0 Å². The van der Waals surface area contributed by atoms with Gasteiger partial charge in [0.05, 0.1) is 15.9 Å². The molecule has 1 aromatic heterocycles. The number of nitrogens with two attached hydrogens (primary N) is 1. The largest absolute Gasteiger partial charge is 0.354 e. The van der Waals surface area contributed by atoms with Crippen LogP contribution in [-0.4, -0.2) is 29.9 Å². The number of sulfonamides is 1. The monoisotopic (exact) mass is 380 g/mol. The number of primary sulfonamides is 1. The van der Waals surface area contributed by atoms with Gasteiger partial charge in [-0.25, -0.2) is 18.5 Å². The number of aryl methyl sites for hydroxylation is 2. The Hall–Kier alpha value is -1.93. The zero-order chi connectivity index (χ0) is 19.3. The van der Waals surface area contributed by atoms with Crippen LogP contribution in [0.25, 0.3) is 11.0 Å². The zero-order valence-corrected chi connectivity index (χ0v) is 16.5. The van der Waals surface area contributed by atoms with Crippen molar-refractivity contribution in [2.75, 3.05) is 0 Å². The molecule has 3 N–H and O–H groups in total. The van der Waals surface area contributed by atoms with E-state index in [-0.39, 0.29) is 16.8 Å². The molecule has 0 aliphatic carbocycles. The van der Waals surface area contributed by atoms with Gasteiger partial charge in [-0.05, 0) is 38.0 Å². The summed E-state index contributed by atoms with van der Waals surface area (Å²) in [6.45, 7) is 6.91. The molecule has 1 unspecified atom stereocenters. The van der Waals surface area contributed by atoms with Crippen molar-refractivity contribution < 1.29 is 13.2 Å². The number of aromatic nitrogens is 2. The second-order valence-electron chi connectivity index (χ2n) is 6.63. The summed E-state index contributed by atoms with van der Waals surface area (Å²) in [4.78, 5) is 16.7. The van der Waals surface area contributed by atoms with E-state index in [4.69, 9.17) is 5.14 Å². The minimum Gasteiger partial charge on any atom is -0.354 e. The highest BCUT2D eigenvalue weighted by Gasteiger charge is 2.16. The van der Waals surface area contributed by atoms with E-state index >= 15 is 0 Å². The molecule has 0 bridgehead atoms. The fourth-order valence-corrected chi connectivity index (χ4v) is 3.61. The molecule has 0 spiro atoms. The summed E-state index contributed by atoms with van der Waals surface area (Å²) in [5, 5.41) is 8.20. The van der Waals surface area contributed by atoms with Crippen LogP contribution < -0.4 is 10.5 Å². The Bertz CT molecular complexity index is 874. The molecule has 8 heteroatoms. The molecule has 0 aliphatic rings. The molecule has 2 aromatic rings. The Balaban J connectivity index is 2.23. The molecule has 0 saturated carbocycles. The van der Waals surface area contributed by atoms with Crippen LogP contribution in [0.2, 0.25) is 0 Å². The molecule has 7 nitrogen and oxygen atoms in total. The van der Waals surface area contributed by atoms with Crippen molar-refractivity contribution in [3.8, 4) is 0 Å². The lowest BCUT2D eigenvalue weighted by Gasteiger charge is -2.13. The summed E-state index contributed by atoms with van der Waals surface area (Å²) in [6.07, 6.45) is 3.75. The van der Waals surface area contributed by atoms with Crippen LogP contribution in [0.4, 0.5) is 0 Å². The zero-order valence-electron chi connectivity index (χ0n) is 15.7. The van der Waals surface area contributed by atoms with E-state index in [2.05, 4.69) is 24.1 Å². The molecule has 0 aliphatic heterocycles. The van der Waals surface area contributed by atoms with Gasteiger partial charge in [0.25, 0.3) is 0 Å². The first-order chi connectivity index (χ1) is 12.3. The number of nitrogens with zero attached hydrogens (tertiary/aromatic N) is 2. The van der Waals surface area contributed by atoms with E-state index < -0.39 is 10.0 Å². The number of benzene rings is 1. The second-order valence-corrected chi connectivity index (χ2v) is 8.19. The predicted octanol–water partition coefficient (Wildman–Crippen LogP) is 2.33. The lowest BCUT2D eigenvalue weighted by Crippen LogP contribution is -2.32. The molecular formula is C18H28N4O3S. The quantitative estimate of drug-likeness (QED) is 0.696. The number of hydrogen-bond acceptors (Lipinski definition) is 4. The molecule has 0 radical (unpaired) electrons. The Morgan fingerprint density at radius 2 is 2.04 bits per heavy atom. The van der Waals surface area contributed by atoms with Gasteiger partial charge < -0.3 is 9.88 Å². The van der Waals surface area contributed by atoms with Crippen LogP contribution in [0.1, 0.15) is 52.3 Å². The van der Waals surface area contributed by atoms with Crippen LogP contribution in [0, 0.1) is 0 Å². The van der Waals surface area contributed by atoms with Gasteiger partial charge in [0.1, 0.15) is 5.82 Å². The van der Waals surface area contributed by atoms with Gasteiger partial charge in [-0.15, -0.1) is 0 Å². The van der Waals surface area contributed by atoms with Gasteiger partial charge in [0.2, 0.25) is 15.9 Å². The maximum Gasteiger partial charge on any atom is 0.238 e. The van der Waals surface area contributed by atoms with Crippen molar-refractivity contribution in [1.82, 2.24) is 14.9 Å². The average molecular weight is 381 g/mol. The number of carbonyl (C=O) groups is 1. The average Bonchev–Trinajstić information content (AvgIpc) is 2.90. The van der Waals surface area contributed by atoms with Crippen molar-refractivity contribution in [2.24, 2.45) is 5.14 Å². The molecule has 26 heavy (non-hydrogen) atoms. The molecule has 2 rings (SSSR count). The Morgan fingerprint density at radius 1 is 1.31 bits per heavy atom. The Kier molecular flexibility index (Phi) is 6.77. The van der Waals surface area contributed by atoms with E-state index in [1.54, 1.807) is 6.07 Å². The highest BCUT2D eigenvalue weighted by molar-refractivity contribution is 7.89. The number of rotatable bonds is 9. The van der Waals surface area contributed by atoms with Gasteiger partial charge >= 0.3 is 0 Å². The van der Waals surface area contributed by atoms with E-state index in [1.807, 2.05) is 11.5 Å². The van der Waals surface area contributed by atoms with Gasteiger partial charge in [-0.1, -0.05) is 20.3 Å². The summed E-state index contributed by atoms with van der Waals surface area (Å²) in [7, 11) is -3.77. The summed E-state index contributed by atoms with van der Waals surface area (Å²) < 4.78 is 25.2. The number of nitrogens with one attached hydrogen (secondary N) is 1. The Labute approximate surface area is 155 Å². The van der Waals surface area contributed by atoms with Gasteiger partial charge in [0, 0.05) is 25.4 Å². The van der Waals surface area contributed by atoms with Crippen molar-refractivity contribution in [2.45, 2.75) is 70.4 Å². The van der Waals surface area contributed by atoms with Crippen molar-refractivity contribution >= 4 is 27.0 Å². The number of carbonyl (C=O) groups excluding carboxylic acids is 1. The van der Waals surface area contributed by atoms with E-state index in [0.717, 1.165) is 37.1 Å². The van der Waals surface area contributed by atoms with E-state index in [0.29, 0.717) is 18.4 Å². The van der Waals surface area contributed by atoms with Gasteiger partial charge in [0.15, 0.2) is 0 Å². The molecule has 144 valence electrons. The van der Waals surface area contributed by atoms with E-state index in [9.17, 15) is 13.2 Å². The van der Waals surface area contributed by atoms with Crippen LogP contribution in [0.5, 0.6) is 0 Å². The van der Waals surface area contributed by atoms with Crippen LogP contribution >= 0.6 is 0 Å². The molecular weight excluding hydrogens is 352 g/mol. The normalized spacial score (nSPS) is 13.1. The molecule has 0 saturated heterocycles. The van der Waals surface area contributed by atoms with Crippen LogP contribution in [0.15, 0.2) is 23.1 Å². The third-order valence-electron chi connectivity index (χ3n) is 4.28. The fraction of sp³-hybridized carbons (Fsp3) is 0.556. The minimum absolute atomic E-state index is 0.00581. The lowest BCUT2D eigenvalue weighted by molar-refractivity contribution is -0.121. The number of imidazole rings is 1. The Morgan fingerprint density at radius 3 is 2.65 bits per heavy atom. The van der Waals surface area contributed by atoms with Crippen molar-refractivity contribution in [3.63, 3.8) is 0 Å². The summed E-state index contributed by atoms with van der Waals surface area (Å²) in [5.74, 6) is 0.790. The standard InChI is InChI=1S/C18H28N4O3S/c1-4-6-13(3)20-18(23)10-9-17-21-15-12-14(26(19,24)25)7-8-16(15)22(17)11-5-2/h7-8,12-13H,4-6,9-11H2,1-3H3,(H,20,23)(H2,19,24,25). The topological polar surface area (TPSA) is 107 Å². The molecule has 1 heterocycles. The van der Waals surface area contributed by atoms with Crippen molar-refractivity contribution in [1.29, 1.82) is 0 Å². The molecule has 1 aromatic carbocycles. The van der Waals surface area contributed by atoms with Crippen LogP contribution in [0.3, 0.4) is 0 Å². The summed E-state index contributed by atoms with van der Waals surface area (Å²) in [5.41, 5.74) is 1.44.